The van der Waals surface area contributed by atoms with Gasteiger partial charge >= 0.3 is 0 Å². The molecule has 0 spiro atoms. The predicted octanol–water partition coefficient (Wildman–Crippen LogP) is 1.75. The van der Waals surface area contributed by atoms with E-state index in [2.05, 4.69) is 10.3 Å². The Morgan fingerprint density at radius 1 is 1.39 bits per heavy atom. The van der Waals surface area contributed by atoms with Crippen LogP contribution in [0.15, 0.2) is 29.4 Å². The molecule has 0 aliphatic carbocycles. The molecule has 2 rings (SSSR count). The van der Waals surface area contributed by atoms with Crippen molar-refractivity contribution in [3.05, 3.63) is 30.8 Å². The molecule has 1 unspecified atom stereocenters. The van der Waals surface area contributed by atoms with Gasteiger partial charge in [-0.15, -0.1) is 0 Å². The van der Waals surface area contributed by atoms with Gasteiger partial charge in [-0.3, -0.25) is 4.79 Å². The monoisotopic (exact) mass is 338 g/mol. The van der Waals surface area contributed by atoms with Gasteiger partial charge in [-0.2, -0.15) is 4.31 Å². The van der Waals surface area contributed by atoms with E-state index in [0.717, 1.165) is 25.7 Å². The maximum absolute atomic E-state index is 12.6. The van der Waals surface area contributed by atoms with Gasteiger partial charge in [-0.25, -0.2) is 13.4 Å². The third-order valence-electron chi connectivity index (χ3n) is 3.89. The summed E-state index contributed by atoms with van der Waals surface area (Å²) in [6.45, 7) is 2.89. The van der Waals surface area contributed by atoms with Crippen molar-refractivity contribution in [1.29, 1.82) is 0 Å². The zero-order valence-electron chi connectivity index (χ0n) is 13.4. The van der Waals surface area contributed by atoms with Crippen LogP contribution < -0.4 is 5.32 Å². The van der Waals surface area contributed by atoms with Gasteiger partial charge in [0.1, 0.15) is 0 Å². The van der Waals surface area contributed by atoms with E-state index in [1.165, 1.54) is 16.6 Å². The van der Waals surface area contributed by atoms with E-state index < -0.39 is 10.0 Å². The van der Waals surface area contributed by atoms with Crippen LogP contribution in [0.25, 0.3) is 0 Å². The Morgan fingerprint density at radius 3 is 2.91 bits per heavy atom. The van der Waals surface area contributed by atoms with Crippen molar-refractivity contribution in [1.82, 2.24) is 14.6 Å². The fourth-order valence-electron chi connectivity index (χ4n) is 2.62. The van der Waals surface area contributed by atoms with E-state index in [1.54, 1.807) is 18.6 Å². The van der Waals surface area contributed by atoms with Crippen molar-refractivity contribution in [2.75, 3.05) is 13.1 Å². The van der Waals surface area contributed by atoms with Crippen LogP contribution in [0.1, 0.15) is 39.0 Å². The molecule has 2 heterocycles. The highest BCUT2D eigenvalue weighted by molar-refractivity contribution is 7.89. The first kappa shape index (κ1) is 17.9. The summed E-state index contributed by atoms with van der Waals surface area (Å²) in [5, 5.41) is 3.06. The average molecular weight is 338 g/mol. The second kappa shape index (κ2) is 8.40. The number of nitrogens with one attached hydrogen (secondary N) is 1. The van der Waals surface area contributed by atoms with Crippen LogP contribution in [-0.2, 0) is 14.8 Å². The van der Waals surface area contributed by atoms with Gasteiger partial charge in [0, 0.05) is 31.7 Å². The second-order valence-corrected chi connectivity index (χ2v) is 7.59. The van der Waals surface area contributed by atoms with Gasteiger partial charge in [-0.05, 0) is 37.8 Å². The van der Waals surface area contributed by atoms with Crippen LogP contribution in [0.2, 0.25) is 0 Å². The Labute approximate surface area is 138 Å². The molecule has 1 aromatic heterocycles. The fraction of sp³-hybridized carbons (Fsp3) is 0.562. The number of hydrogen-bond acceptors (Lipinski definition) is 4. The van der Waals surface area contributed by atoms with Gasteiger partial charge in [-0.1, -0.05) is 19.4 Å². The van der Waals surface area contributed by atoms with Crippen LogP contribution >= 0.6 is 0 Å². The maximum Gasteiger partial charge on any atom is 0.260 e. The van der Waals surface area contributed by atoms with E-state index in [-0.39, 0.29) is 17.0 Å². The number of carbonyl (C=O) groups is 1. The van der Waals surface area contributed by atoms with Gasteiger partial charge in [0.2, 0.25) is 5.91 Å². The summed E-state index contributed by atoms with van der Waals surface area (Å²) < 4.78 is 26.6. The fourth-order valence-corrected chi connectivity index (χ4v) is 4.05. The summed E-state index contributed by atoms with van der Waals surface area (Å²) in [6, 6.07) is 4.91. The third kappa shape index (κ3) is 5.00. The van der Waals surface area contributed by atoms with Gasteiger partial charge in [0.25, 0.3) is 10.0 Å². The molecule has 1 fully saturated rings. The van der Waals surface area contributed by atoms with Crippen molar-refractivity contribution >= 4 is 15.9 Å². The summed E-state index contributed by atoms with van der Waals surface area (Å²) in [4.78, 5) is 15.7. The quantitative estimate of drug-likeness (QED) is 0.857. The van der Waals surface area contributed by atoms with E-state index >= 15 is 0 Å². The highest BCUT2D eigenvalue weighted by Crippen LogP contribution is 2.19. The molecular weight excluding hydrogens is 314 g/mol. The number of aromatic nitrogens is 1. The Balaban J connectivity index is 1.95. The number of carbonyl (C=O) groups excluding carboxylic acids is 1. The molecule has 1 aliphatic heterocycles. The molecular formula is C16H24N3O3S. The van der Waals surface area contributed by atoms with E-state index in [0.29, 0.717) is 19.5 Å². The van der Waals surface area contributed by atoms with E-state index in [4.69, 9.17) is 0 Å². The lowest BCUT2D eigenvalue weighted by molar-refractivity contribution is -0.118. The van der Waals surface area contributed by atoms with Crippen LogP contribution in [0, 0.1) is 6.42 Å². The minimum absolute atomic E-state index is 0.0274. The van der Waals surface area contributed by atoms with Gasteiger partial charge < -0.3 is 5.32 Å². The lowest BCUT2D eigenvalue weighted by atomic mass is 10.1. The highest BCUT2D eigenvalue weighted by atomic mass is 32.2. The standard InChI is InChI=1S/C16H24N3O3S/c1-2-3-8-15(20)18-14-7-6-12-19(13-10-14)23(21,22)16-9-4-5-11-17-16/h4-5,8-9,11,14H,2-3,6-7,10,12-13H2,1H3,(H,18,20). The zero-order chi connectivity index (χ0) is 16.7. The number of rotatable bonds is 6. The largest absolute Gasteiger partial charge is 0.353 e. The van der Waals surface area contributed by atoms with Crippen molar-refractivity contribution in [2.45, 2.75) is 50.1 Å². The summed E-state index contributed by atoms with van der Waals surface area (Å²) in [6.07, 6.45) is 6.99. The summed E-state index contributed by atoms with van der Waals surface area (Å²) in [5.74, 6) is -0.0575. The van der Waals surface area contributed by atoms with Crippen LogP contribution in [0.5, 0.6) is 0 Å². The maximum atomic E-state index is 12.6. The molecule has 0 bridgehead atoms. The molecule has 7 heteroatoms. The molecule has 1 aromatic rings. The van der Waals surface area contributed by atoms with E-state index in [9.17, 15) is 13.2 Å². The number of unbranched alkanes of at least 4 members (excludes halogenated alkanes) is 1. The zero-order valence-corrected chi connectivity index (χ0v) is 14.3. The molecule has 0 aromatic carbocycles. The topological polar surface area (TPSA) is 79.4 Å². The van der Waals surface area contributed by atoms with Crippen LogP contribution in [0.3, 0.4) is 0 Å². The number of sulfonamides is 1. The molecule has 1 radical (unpaired) electrons. The van der Waals surface area contributed by atoms with Gasteiger partial charge in [0.15, 0.2) is 5.03 Å². The Bertz CT molecular complexity index is 604. The normalized spacial score (nSPS) is 20.0. The molecule has 1 saturated heterocycles. The van der Waals surface area contributed by atoms with Crippen molar-refractivity contribution in [3.63, 3.8) is 0 Å². The molecule has 0 saturated carbocycles. The molecule has 1 aliphatic rings. The Hall–Kier alpha value is -1.47. The predicted molar refractivity (Wildman–Crippen MR) is 88.0 cm³/mol. The number of amides is 1. The Morgan fingerprint density at radius 2 is 2.22 bits per heavy atom. The summed E-state index contributed by atoms with van der Waals surface area (Å²) in [5.41, 5.74) is 0. The first-order chi connectivity index (χ1) is 11.0. The average Bonchev–Trinajstić information content (AvgIpc) is 2.80. The molecule has 127 valence electrons. The van der Waals surface area contributed by atoms with Gasteiger partial charge in [0.05, 0.1) is 0 Å². The van der Waals surface area contributed by atoms with Crippen LogP contribution in [-0.4, -0.2) is 42.7 Å². The van der Waals surface area contributed by atoms with Crippen molar-refractivity contribution in [2.24, 2.45) is 0 Å². The number of hydrogen-bond donors (Lipinski definition) is 1. The SMILES string of the molecule is CCC[CH]C(=O)NC1CCCN(S(=O)(=O)c2ccccn2)CC1. The lowest BCUT2D eigenvalue weighted by Gasteiger charge is -2.20. The first-order valence-electron chi connectivity index (χ1n) is 8.09. The summed E-state index contributed by atoms with van der Waals surface area (Å²) >= 11 is 0. The molecule has 23 heavy (non-hydrogen) atoms. The molecule has 1 N–H and O–H groups in total. The second-order valence-electron chi connectivity index (χ2n) is 5.70. The van der Waals surface area contributed by atoms with Crippen molar-refractivity contribution in [3.8, 4) is 0 Å². The van der Waals surface area contributed by atoms with E-state index in [1.807, 2.05) is 6.92 Å². The molecule has 1 amide bonds. The number of pyridine rings is 1. The van der Waals surface area contributed by atoms with Crippen molar-refractivity contribution < 1.29 is 13.2 Å². The third-order valence-corrected chi connectivity index (χ3v) is 5.71. The summed E-state index contributed by atoms with van der Waals surface area (Å²) in [7, 11) is -3.55. The van der Waals surface area contributed by atoms with Crippen LogP contribution in [0.4, 0.5) is 0 Å². The minimum Gasteiger partial charge on any atom is -0.353 e. The smallest absolute Gasteiger partial charge is 0.260 e. The lowest BCUT2D eigenvalue weighted by Crippen LogP contribution is -2.37. The molecule has 6 nitrogen and oxygen atoms in total. The Kier molecular flexibility index (Phi) is 6.53. The number of nitrogens with zero attached hydrogens (tertiary/aromatic N) is 2. The first-order valence-corrected chi connectivity index (χ1v) is 9.53. The molecule has 1 atom stereocenters. The highest BCUT2D eigenvalue weighted by Gasteiger charge is 2.28. The minimum atomic E-state index is -3.55.